The summed E-state index contributed by atoms with van der Waals surface area (Å²) in [6.45, 7) is 1.62. The normalized spacial score (nSPS) is 11.1. The first-order chi connectivity index (χ1) is 16.0. The van der Waals surface area contributed by atoms with E-state index in [1.807, 2.05) is 30.3 Å². The predicted octanol–water partition coefficient (Wildman–Crippen LogP) is 4.78. The molecule has 0 aliphatic rings. The molecule has 10 heteroatoms. The van der Waals surface area contributed by atoms with Crippen molar-refractivity contribution in [2.45, 2.75) is 13.5 Å². The van der Waals surface area contributed by atoms with Gasteiger partial charge in [-0.25, -0.2) is 4.98 Å². The van der Waals surface area contributed by atoms with Gasteiger partial charge in [-0.05, 0) is 30.7 Å². The second-order valence-corrected chi connectivity index (χ2v) is 8.70. The summed E-state index contributed by atoms with van der Waals surface area (Å²) >= 11 is 7.25. The third-order valence-corrected chi connectivity index (χ3v) is 6.41. The number of halogens is 1. The van der Waals surface area contributed by atoms with Gasteiger partial charge in [-0.15, -0.1) is 11.3 Å². The molecule has 5 aromatic rings. The van der Waals surface area contributed by atoms with Crippen molar-refractivity contribution < 1.29 is 9.32 Å². The van der Waals surface area contributed by atoms with Gasteiger partial charge in [0.2, 0.25) is 11.7 Å². The van der Waals surface area contributed by atoms with Crippen molar-refractivity contribution in [1.82, 2.24) is 19.7 Å². The van der Waals surface area contributed by atoms with Crippen LogP contribution in [0.15, 0.2) is 70.2 Å². The van der Waals surface area contributed by atoms with Crippen LogP contribution in [0, 0.1) is 6.92 Å². The number of anilines is 1. The molecule has 8 nitrogen and oxygen atoms in total. The van der Waals surface area contributed by atoms with Crippen LogP contribution in [0.5, 0.6) is 0 Å². The molecular weight excluding hydrogens is 462 g/mol. The number of nitrogens with one attached hydrogen (secondary N) is 1. The first kappa shape index (κ1) is 21.0. The fourth-order valence-electron chi connectivity index (χ4n) is 3.42. The minimum atomic E-state index is -0.363. The molecule has 3 aromatic heterocycles. The highest BCUT2D eigenvalue weighted by atomic mass is 35.5. The quantitative estimate of drug-likeness (QED) is 0.391. The molecule has 0 radical (unpaired) electrons. The number of fused-ring (bicyclic) bond motifs is 1. The summed E-state index contributed by atoms with van der Waals surface area (Å²) in [6, 6.07) is 16.3. The zero-order valence-corrected chi connectivity index (χ0v) is 18.9. The van der Waals surface area contributed by atoms with Crippen LogP contribution in [0.1, 0.15) is 5.56 Å². The largest absolute Gasteiger partial charge is 0.333 e. The van der Waals surface area contributed by atoms with Crippen molar-refractivity contribution >= 4 is 44.7 Å². The molecule has 0 aliphatic heterocycles. The first-order valence-electron chi connectivity index (χ1n) is 9.93. The lowest BCUT2D eigenvalue weighted by atomic mass is 10.2. The molecule has 1 amide bonds. The third-order valence-electron chi connectivity index (χ3n) is 4.99. The second-order valence-electron chi connectivity index (χ2n) is 7.26. The van der Waals surface area contributed by atoms with Crippen LogP contribution in [-0.2, 0) is 11.3 Å². The average Bonchev–Trinajstić information content (AvgIpc) is 3.41. The number of hydrogen-bond donors (Lipinski definition) is 1. The Morgan fingerprint density at radius 1 is 1.18 bits per heavy atom. The number of nitrogens with zero attached hydrogens (tertiary/aromatic N) is 4. The summed E-state index contributed by atoms with van der Waals surface area (Å²) in [6.07, 6.45) is 1.37. The molecule has 1 N–H and O–H groups in total. The summed E-state index contributed by atoms with van der Waals surface area (Å²) < 4.78 is 6.74. The molecule has 5 rings (SSSR count). The molecule has 0 fully saturated rings. The van der Waals surface area contributed by atoms with Crippen molar-refractivity contribution in [3.05, 3.63) is 81.9 Å². The van der Waals surface area contributed by atoms with E-state index in [9.17, 15) is 9.59 Å². The van der Waals surface area contributed by atoms with Crippen LogP contribution in [0.4, 0.5) is 5.69 Å². The Labute approximate surface area is 196 Å². The lowest BCUT2D eigenvalue weighted by Crippen LogP contribution is -2.27. The van der Waals surface area contributed by atoms with Crippen molar-refractivity contribution in [1.29, 1.82) is 0 Å². The third kappa shape index (κ3) is 4.15. The van der Waals surface area contributed by atoms with Crippen LogP contribution in [-0.4, -0.2) is 25.6 Å². The molecule has 33 heavy (non-hydrogen) atoms. The zero-order valence-electron chi connectivity index (χ0n) is 17.3. The standard InChI is InChI=1S/C23H16ClN5O3S/c1-13-18-22(33-19(13)21-27-20(28-32-21)14-6-3-2-4-7-14)25-12-29(23(18)31)11-17(30)26-16-9-5-8-15(24)10-16/h2-10,12H,11H2,1H3,(H,26,30). The van der Waals surface area contributed by atoms with E-state index in [-0.39, 0.29) is 18.0 Å². The fraction of sp³-hybridized carbons (Fsp3) is 0.0870. The Bertz CT molecular complexity index is 1540. The molecule has 0 saturated heterocycles. The van der Waals surface area contributed by atoms with Crippen molar-refractivity contribution in [2.24, 2.45) is 0 Å². The van der Waals surface area contributed by atoms with Crippen molar-refractivity contribution in [3.8, 4) is 22.2 Å². The van der Waals surface area contributed by atoms with E-state index in [0.29, 0.717) is 43.1 Å². The Balaban J connectivity index is 1.44. The Morgan fingerprint density at radius 3 is 2.79 bits per heavy atom. The van der Waals surface area contributed by atoms with Gasteiger partial charge in [0, 0.05) is 16.3 Å². The number of thiophene rings is 1. The van der Waals surface area contributed by atoms with Gasteiger partial charge in [0.25, 0.3) is 11.4 Å². The SMILES string of the molecule is Cc1c(-c2nc(-c3ccccc3)no2)sc2ncn(CC(=O)Nc3cccc(Cl)c3)c(=O)c12. The number of carbonyl (C=O) groups is 1. The van der Waals surface area contributed by atoms with Gasteiger partial charge in [0.15, 0.2) is 0 Å². The number of carbonyl (C=O) groups excluding carboxylic acids is 1. The molecular formula is C23H16ClN5O3S. The van der Waals surface area contributed by atoms with Crippen LogP contribution in [0.2, 0.25) is 5.02 Å². The zero-order chi connectivity index (χ0) is 22.9. The van der Waals surface area contributed by atoms with E-state index in [4.69, 9.17) is 16.1 Å². The lowest BCUT2D eigenvalue weighted by molar-refractivity contribution is -0.116. The summed E-state index contributed by atoms with van der Waals surface area (Å²) in [5, 5.41) is 7.71. The monoisotopic (exact) mass is 477 g/mol. The minimum Gasteiger partial charge on any atom is -0.333 e. The Kier molecular flexibility index (Phi) is 5.49. The highest BCUT2D eigenvalue weighted by Gasteiger charge is 2.21. The maximum atomic E-state index is 13.1. The van der Waals surface area contributed by atoms with E-state index in [1.54, 1.807) is 31.2 Å². The van der Waals surface area contributed by atoms with E-state index in [1.165, 1.54) is 22.2 Å². The van der Waals surface area contributed by atoms with Crippen molar-refractivity contribution in [2.75, 3.05) is 5.32 Å². The number of rotatable bonds is 5. The van der Waals surface area contributed by atoms with Gasteiger partial charge in [-0.3, -0.25) is 14.2 Å². The number of hydrogen-bond acceptors (Lipinski definition) is 7. The second kappa shape index (κ2) is 8.61. The van der Waals surface area contributed by atoms with Gasteiger partial charge in [-0.2, -0.15) is 4.98 Å². The molecule has 164 valence electrons. The maximum absolute atomic E-state index is 13.1. The minimum absolute atomic E-state index is 0.183. The predicted molar refractivity (Wildman–Crippen MR) is 127 cm³/mol. The molecule has 0 unspecified atom stereocenters. The first-order valence-corrected chi connectivity index (χ1v) is 11.1. The summed E-state index contributed by atoms with van der Waals surface area (Å²) in [7, 11) is 0. The molecule has 0 spiro atoms. The van der Waals surface area contributed by atoms with Crippen LogP contribution >= 0.6 is 22.9 Å². The van der Waals surface area contributed by atoms with Gasteiger partial charge in [0.1, 0.15) is 11.4 Å². The Morgan fingerprint density at radius 2 is 2.00 bits per heavy atom. The van der Waals surface area contributed by atoms with E-state index in [0.717, 1.165) is 5.56 Å². The van der Waals surface area contributed by atoms with E-state index in [2.05, 4.69) is 20.4 Å². The average molecular weight is 478 g/mol. The van der Waals surface area contributed by atoms with Crippen LogP contribution in [0.3, 0.4) is 0 Å². The van der Waals surface area contributed by atoms with Gasteiger partial charge >= 0.3 is 0 Å². The molecule has 0 aliphatic carbocycles. The van der Waals surface area contributed by atoms with Crippen LogP contribution in [0.25, 0.3) is 32.4 Å². The molecule has 2 aromatic carbocycles. The fourth-order valence-corrected chi connectivity index (χ4v) is 4.67. The highest BCUT2D eigenvalue weighted by Crippen LogP contribution is 2.35. The Hall–Kier alpha value is -3.82. The molecule has 0 atom stereocenters. The highest BCUT2D eigenvalue weighted by molar-refractivity contribution is 7.22. The molecule has 3 heterocycles. The van der Waals surface area contributed by atoms with Gasteiger partial charge < -0.3 is 9.84 Å². The maximum Gasteiger partial charge on any atom is 0.268 e. The topological polar surface area (TPSA) is 103 Å². The van der Waals surface area contributed by atoms with Gasteiger partial charge in [0.05, 0.1) is 16.6 Å². The number of benzene rings is 2. The smallest absolute Gasteiger partial charge is 0.268 e. The van der Waals surface area contributed by atoms with Crippen molar-refractivity contribution in [3.63, 3.8) is 0 Å². The number of aromatic nitrogens is 4. The van der Waals surface area contributed by atoms with E-state index < -0.39 is 0 Å². The summed E-state index contributed by atoms with van der Waals surface area (Å²) in [5.74, 6) is 0.419. The summed E-state index contributed by atoms with van der Waals surface area (Å²) in [4.78, 5) is 35.7. The lowest BCUT2D eigenvalue weighted by Gasteiger charge is -2.07. The number of amides is 1. The van der Waals surface area contributed by atoms with E-state index >= 15 is 0 Å². The molecule has 0 bridgehead atoms. The number of aryl methyl sites for hydroxylation is 1. The summed E-state index contributed by atoms with van der Waals surface area (Å²) in [5.41, 5.74) is 1.75. The van der Waals surface area contributed by atoms with Gasteiger partial charge in [-0.1, -0.05) is 53.2 Å². The van der Waals surface area contributed by atoms with Crippen LogP contribution < -0.4 is 10.9 Å². The molecule has 0 saturated carbocycles.